The molecule has 0 heterocycles. The molecule has 0 aliphatic carbocycles. The van der Waals surface area contributed by atoms with Crippen molar-refractivity contribution in [2.45, 2.75) is 38.5 Å². The Morgan fingerprint density at radius 2 is 1.14 bits per heavy atom. The average Bonchev–Trinajstić information content (AvgIpc) is 2.67. The topological polar surface area (TPSA) is 64.5 Å². The third-order valence-electron chi connectivity index (χ3n) is 4.59. The van der Waals surface area contributed by atoms with Gasteiger partial charge < -0.3 is 20.8 Å². The molecule has 0 saturated heterocycles. The van der Waals surface area contributed by atoms with E-state index in [4.69, 9.17) is 11.6 Å². The fourth-order valence-electron chi connectivity index (χ4n) is 2.94. The summed E-state index contributed by atoms with van der Waals surface area (Å²) < 4.78 is 0. The van der Waals surface area contributed by atoms with Crippen molar-refractivity contribution < 1.29 is 10.2 Å². The minimum atomic E-state index is -0.0637. The third kappa shape index (κ3) is 12.5. The van der Waals surface area contributed by atoms with E-state index < -0.39 is 0 Å². The third-order valence-corrected chi connectivity index (χ3v) is 4.84. The summed E-state index contributed by atoms with van der Waals surface area (Å²) in [5, 5.41) is 26.5. The molecule has 0 aliphatic rings. The second kappa shape index (κ2) is 16.9. The predicted molar refractivity (Wildman–Crippen MR) is 133 cm³/mol. The van der Waals surface area contributed by atoms with Crippen molar-refractivity contribution >= 4 is 45.6 Å². The van der Waals surface area contributed by atoms with Crippen molar-refractivity contribution in [2.24, 2.45) is 0 Å². The summed E-state index contributed by atoms with van der Waals surface area (Å²) in [6.45, 7) is 3.99. The number of benzene rings is 2. The average molecular weight is 553 g/mol. The molecule has 0 aromatic heterocycles. The van der Waals surface area contributed by atoms with Crippen LogP contribution in [0.25, 0.3) is 0 Å². The molecule has 0 spiro atoms. The van der Waals surface area contributed by atoms with E-state index >= 15 is 0 Å². The Morgan fingerprint density at radius 3 is 1.69 bits per heavy atom. The molecule has 0 amide bonds. The van der Waals surface area contributed by atoms with E-state index in [1.807, 2.05) is 18.2 Å². The maximum Gasteiger partial charge on any atom is 0.157 e. The second-order valence-electron chi connectivity index (χ2n) is 6.86. The Bertz CT molecular complexity index is 672. The molecule has 29 heavy (non-hydrogen) atoms. The van der Waals surface area contributed by atoms with Crippen LogP contribution in [0.2, 0.25) is 5.02 Å². The van der Waals surface area contributed by atoms with Crippen molar-refractivity contribution in [3.63, 3.8) is 0 Å². The van der Waals surface area contributed by atoms with Crippen LogP contribution in [0.4, 0.5) is 0 Å². The fraction of sp³-hybridized carbons (Fsp3) is 0.455. The summed E-state index contributed by atoms with van der Waals surface area (Å²) in [7, 11) is 0. The minimum absolute atomic E-state index is 0. The van der Waals surface area contributed by atoms with E-state index in [0.717, 1.165) is 49.6 Å². The van der Waals surface area contributed by atoms with Crippen LogP contribution in [0.1, 0.15) is 36.8 Å². The summed E-state index contributed by atoms with van der Waals surface area (Å²) in [6, 6.07) is 13.1. The fourth-order valence-corrected chi connectivity index (χ4v) is 3.07. The van der Waals surface area contributed by atoms with Crippen LogP contribution >= 0.6 is 45.6 Å². The number of phenolic OH excluding ortho intramolecular Hbond substituents is 2. The van der Waals surface area contributed by atoms with E-state index in [9.17, 15) is 10.2 Å². The monoisotopic (exact) mass is 550 g/mol. The molecular weight excluding hydrogens is 520 g/mol. The number of aromatic hydroxyl groups is 2. The number of rotatable bonds is 13. The first-order valence-corrected chi connectivity index (χ1v) is 10.2. The molecule has 0 unspecified atom stereocenters. The predicted octanol–water partition coefficient (Wildman–Crippen LogP) is 5.43. The van der Waals surface area contributed by atoms with Gasteiger partial charge in [-0.2, -0.15) is 0 Å². The molecule has 0 aliphatic heterocycles. The van der Waals surface area contributed by atoms with E-state index in [2.05, 4.69) is 22.8 Å². The van der Waals surface area contributed by atoms with Gasteiger partial charge >= 0.3 is 0 Å². The van der Waals surface area contributed by atoms with E-state index in [0.29, 0.717) is 0 Å². The van der Waals surface area contributed by atoms with Crippen LogP contribution in [0.3, 0.4) is 0 Å². The Balaban J connectivity index is 0.00000392. The molecule has 0 bridgehead atoms. The number of hydrogen-bond acceptors (Lipinski definition) is 4. The lowest BCUT2D eigenvalue weighted by atomic mass is 10.1. The zero-order chi connectivity index (χ0) is 19.3. The number of unbranched alkanes of at least 4 members (excludes halogenated alkanes) is 3. The van der Waals surface area contributed by atoms with Gasteiger partial charge in [-0.3, -0.25) is 0 Å². The SMILES string of the molecule is Br.Br.Oc1ccc(CCNCCCCCCNCCc2ccc(Cl)cc2)cc1O. The molecule has 4 N–H and O–H groups in total. The highest BCUT2D eigenvalue weighted by molar-refractivity contribution is 8.93. The van der Waals surface area contributed by atoms with Gasteiger partial charge in [-0.05, 0) is 87.3 Å². The highest BCUT2D eigenvalue weighted by Crippen LogP contribution is 2.24. The number of halogens is 3. The van der Waals surface area contributed by atoms with Gasteiger partial charge in [0.2, 0.25) is 0 Å². The summed E-state index contributed by atoms with van der Waals surface area (Å²) in [6.07, 6.45) is 6.79. The summed E-state index contributed by atoms with van der Waals surface area (Å²) in [4.78, 5) is 0. The van der Waals surface area contributed by atoms with Gasteiger partial charge in [-0.1, -0.05) is 42.6 Å². The molecule has 2 aromatic rings. The number of phenols is 2. The summed E-state index contributed by atoms with van der Waals surface area (Å²) in [5.74, 6) is -0.111. The van der Waals surface area contributed by atoms with Crippen LogP contribution in [0.15, 0.2) is 42.5 Å². The summed E-state index contributed by atoms with van der Waals surface area (Å²) in [5.41, 5.74) is 2.35. The molecular formula is C22H33Br2ClN2O2. The molecule has 2 rings (SSSR count). The molecule has 7 heteroatoms. The van der Waals surface area contributed by atoms with Gasteiger partial charge in [-0.15, -0.1) is 34.0 Å². The Kier molecular flexibility index (Phi) is 16.5. The zero-order valence-corrected chi connectivity index (χ0v) is 20.9. The van der Waals surface area contributed by atoms with Crippen LogP contribution in [-0.4, -0.2) is 36.4 Å². The first-order valence-electron chi connectivity index (χ1n) is 9.82. The van der Waals surface area contributed by atoms with Crippen molar-refractivity contribution in [3.05, 3.63) is 58.6 Å². The van der Waals surface area contributed by atoms with E-state index in [1.165, 1.54) is 37.3 Å². The molecule has 0 atom stereocenters. The van der Waals surface area contributed by atoms with Crippen molar-refractivity contribution in [2.75, 3.05) is 26.2 Å². The van der Waals surface area contributed by atoms with Crippen molar-refractivity contribution in [3.8, 4) is 11.5 Å². The Labute approximate surface area is 200 Å². The Hall–Kier alpha value is -0.790. The maximum atomic E-state index is 9.46. The first kappa shape index (κ1) is 28.2. The van der Waals surface area contributed by atoms with Crippen LogP contribution in [0.5, 0.6) is 11.5 Å². The lowest BCUT2D eigenvalue weighted by Crippen LogP contribution is -2.19. The van der Waals surface area contributed by atoms with Crippen LogP contribution in [0, 0.1) is 0 Å². The first-order chi connectivity index (χ1) is 13.1. The van der Waals surface area contributed by atoms with Gasteiger partial charge in [0.05, 0.1) is 0 Å². The lowest BCUT2D eigenvalue weighted by molar-refractivity contribution is 0.403. The summed E-state index contributed by atoms with van der Waals surface area (Å²) >= 11 is 5.89. The molecule has 164 valence electrons. The van der Waals surface area contributed by atoms with Gasteiger partial charge in [0.1, 0.15) is 0 Å². The normalized spacial score (nSPS) is 10.2. The van der Waals surface area contributed by atoms with E-state index in [1.54, 1.807) is 6.07 Å². The maximum absolute atomic E-state index is 9.46. The zero-order valence-electron chi connectivity index (χ0n) is 16.7. The van der Waals surface area contributed by atoms with Gasteiger partial charge in [0, 0.05) is 5.02 Å². The lowest BCUT2D eigenvalue weighted by Gasteiger charge is -2.07. The second-order valence-corrected chi connectivity index (χ2v) is 7.30. The molecule has 4 nitrogen and oxygen atoms in total. The van der Waals surface area contributed by atoms with Gasteiger partial charge in [0.15, 0.2) is 11.5 Å². The minimum Gasteiger partial charge on any atom is -0.504 e. The quantitative estimate of drug-likeness (QED) is 0.198. The van der Waals surface area contributed by atoms with Gasteiger partial charge in [-0.25, -0.2) is 0 Å². The highest BCUT2D eigenvalue weighted by atomic mass is 79.9. The number of nitrogens with one attached hydrogen (secondary N) is 2. The van der Waals surface area contributed by atoms with Crippen LogP contribution < -0.4 is 10.6 Å². The highest BCUT2D eigenvalue weighted by Gasteiger charge is 2.00. The largest absolute Gasteiger partial charge is 0.504 e. The van der Waals surface area contributed by atoms with Crippen LogP contribution in [-0.2, 0) is 12.8 Å². The standard InChI is InChI=1S/C22H31ClN2O2.2BrH/c23-20-8-5-18(6-9-20)11-15-24-13-3-1-2-4-14-25-16-12-19-7-10-21(26)22(27)17-19;;/h5-10,17,24-27H,1-4,11-16H2;2*1H. The molecule has 0 saturated carbocycles. The van der Waals surface area contributed by atoms with Crippen molar-refractivity contribution in [1.82, 2.24) is 10.6 Å². The molecule has 0 radical (unpaired) electrons. The smallest absolute Gasteiger partial charge is 0.157 e. The molecule has 0 fully saturated rings. The van der Waals surface area contributed by atoms with E-state index in [-0.39, 0.29) is 45.5 Å². The van der Waals surface area contributed by atoms with Crippen molar-refractivity contribution in [1.29, 1.82) is 0 Å². The molecule has 2 aromatic carbocycles. The van der Waals surface area contributed by atoms with Gasteiger partial charge in [0.25, 0.3) is 0 Å². The number of hydrogen-bond donors (Lipinski definition) is 4. The Morgan fingerprint density at radius 1 is 0.621 bits per heavy atom.